The van der Waals surface area contributed by atoms with E-state index in [0.29, 0.717) is 17.4 Å². The largest absolute Gasteiger partial charge is 0.347 e. The van der Waals surface area contributed by atoms with Crippen LogP contribution in [0.2, 0.25) is 0 Å². The fourth-order valence-electron chi connectivity index (χ4n) is 1.18. The average molecular weight is 212 g/mol. The Bertz CT molecular complexity index is 518. The van der Waals surface area contributed by atoms with Gasteiger partial charge in [-0.3, -0.25) is 4.98 Å². The summed E-state index contributed by atoms with van der Waals surface area (Å²) in [5.74, 6) is 6.85. The minimum Gasteiger partial charge on any atom is -0.347 e. The molecule has 3 nitrogen and oxygen atoms in total. The topological polar surface area (TPSA) is 38.9 Å². The first-order valence-corrected chi connectivity index (χ1v) is 5.15. The van der Waals surface area contributed by atoms with E-state index in [2.05, 4.69) is 22.0 Å². The van der Waals surface area contributed by atoms with Gasteiger partial charge in [0, 0.05) is 18.2 Å². The molecular formula is C13H12N2O. The fourth-order valence-corrected chi connectivity index (χ4v) is 1.18. The van der Waals surface area contributed by atoms with E-state index in [1.54, 1.807) is 12.3 Å². The molecule has 0 aromatic carbocycles. The maximum atomic E-state index is 5.11. The van der Waals surface area contributed by atoms with Crippen LogP contribution in [-0.4, -0.2) is 10.1 Å². The lowest BCUT2D eigenvalue weighted by Crippen LogP contribution is -1.80. The van der Waals surface area contributed by atoms with Gasteiger partial charge in [-0.05, 0) is 18.1 Å². The molecule has 0 N–H and O–H groups in total. The summed E-state index contributed by atoms with van der Waals surface area (Å²) in [6.07, 6.45) is 1.73. The van der Waals surface area contributed by atoms with Gasteiger partial charge < -0.3 is 4.52 Å². The van der Waals surface area contributed by atoms with Crippen molar-refractivity contribution in [3.63, 3.8) is 0 Å². The molecule has 2 rings (SSSR count). The Morgan fingerprint density at radius 1 is 1.25 bits per heavy atom. The van der Waals surface area contributed by atoms with Crippen molar-refractivity contribution in [2.75, 3.05) is 0 Å². The number of nitrogens with zero attached hydrogens (tertiary/aromatic N) is 2. The van der Waals surface area contributed by atoms with E-state index in [1.807, 2.05) is 32.0 Å². The molecule has 0 bridgehead atoms. The van der Waals surface area contributed by atoms with Gasteiger partial charge in [0.15, 0.2) is 0 Å². The van der Waals surface area contributed by atoms with Crippen LogP contribution in [0.15, 0.2) is 35.0 Å². The molecule has 0 aliphatic carbocycles. The molecule has 2 aromatic rings. The highest BCUT2D eigenvalue weighted by atomic mass is 16.5. The molecule has 80 valence electrons. The molecular weight excluding hydrogens is 200 g/mol. The third kappa shape index (κ3) is 2.48. The van der Waals surface area contributed by atoms with Crippen molar-refractivity contribution in [3.8, 4) is 23.2 Å². The lowest BCUT2D eigenvalue weighted by molar-refractivity contribution is 0.413. The number of pyridine rings is 1. The van der Waals surface area contributed by atoms with Gasteiger partial charge in [0.25, 0.3) is 0 Å². The zero-order chi connectivity index (χ0) is 11.4. The lowest BCUT2D eigenvalue weighted by Gasteiger charge is -1.89. The average Bonchev–Trinajstić information content (AvgIpc) is 2.76. The summed E-state index contributed by atoms with van der Waals surface area (Å²) >= 11 is 0. The Labute approximate surface area is 94.5 Å². The van der Waals surface area contributed by atoms with Crippen molar-refractivity contribution in [1.29, 1.82) is 0 Å². The Balaban J connectivity index is 2.25. The molecule has 0 amide bonds. The van der Waals surface area contributed by atoms with Gasteiger partial charge in [-0.1, -0.05) is 31.0 Å². The number of aromatic nitrogens is 2. The summed E-state index contributed by atoms with van der Waals surface area (Å²) in [6, 6.07) is 7.47. The second-order valence-electron chi connectivity index (χ2n) is 3.72. The monoisotopic (exact) mass is 212 g/mol. The Kier molecular flexibility index (Phi) is 3.02. The van der Waals surface area contributed by atoms with Gasteiger partial charge in [0.1, 0.15) is 5.69 Å². The van der Waals surface area contributed by atoms with Crippen LogP contribution >= 0.6 is 0 Å². The lowest BCUT2D eigenvalue weighted by atomic mass is 10.2. The predicted octanol–water partition coefficient (Wildman–Crippen LogP) is 2.74. The molecule has 0 aliphatic heterocycles. The molecule has 2 heterocycles. The summed E-state index contributed by atoms with van der Waals surface area (Å²) in [5.41, 5.74) is 1.51. The quantitative estimate of drug-likeness (QED) is 0.682. The third-order valence-corrected chi connectivity index (χ3v) is 1.92. The van der Waals surface area contributed by atoms with Crippen LogP contribution in [0.3, 0.4) is 0 Å². The van der Waals surface area contributed by atoms with Crippen molar-refractivity contribution < 1.29 is 4.52 Å². The Morgan fingerprint density at radius 3 is 2.81 bits per heavy atom. The molecule has 0 radical (unpaired) electrons. The second-order valence-corrected chi connectivity index (χ2v) is 3.72. The van der Waals surface area contributed by atoms with Crippen molar-refractivity contribution in [1.82, 2.24) is 10.1 Å². The first kappa shape index (κ1) is 10.4. The molecule has 3 heteroatoms. The molecule has 0 spiro atoms. The molecule has 0 unspecified atom stereocenters. The van der Waals surface area contributed by atoms with E-state index >= 15 is 0 Å². The number of rotatable bonds is 1. The van der Waals surface area contributed by atoms with Crippen molar-refractivity contribution in [3.05, 3.63) is 36.2 Å². The summed E-state index contributed by atoms with van der Waals surface area (Å²) in [6.45, 7) is 4.06. The van der Waals surface area contributed by atoms with Gasteiger partial charge in [-0.25, -0.2) is 0 Å². The Morgan fingerprint density at radius 2 is 2.12 bits per heavy atom. The van der Waals surface area contributed by atoms with E-state index in [4.69, 9.17) is 4.52 Å². The molecule has 0 fully saturated rings. The van der Waals surface area contributed by atoms with Crippen LogP contribution in [0.5, 0.6) is 0 Å². The SMILES string of the molecule is CC(C)C#Cc1cc(-c2ccccn2)no1. The second kappa shape index (κ2) is 4.63. The summed E-state index contributed by atoms with van der Waals surface area (Å²) in [7, 11) is 0. The van der Waals surface area contributed by atoms with Gasteiger partial charge >= 0.3 is 0 Å². The maximum Gasteiger partial charge on any atom is 0.210 e. The fraction of sp³-hybridized carbons (Fsp3) is 0.231. The summed E-state index contributed by atoms with van der Waals surface area (Å²) in [5, 5.41) is 3.92. The van der Waals surface area contributed by atoms with Gasteiger partial charge in [0.05, 0.1) is 5.69 Å². The van der Waals surface area contributed by atoms with Crippen molar-refractivity contribution in [2.45, 2.75) is 13.8 Å². The zero-order valence-electron chi connectivity index (χ0n) is 9.27. The normalized spacial score (nSPS) is 9.94. The van der Waals surface area contributed by atoms with Crippen LogP contribution in [0.25, 0.3) is 11.4 Å². The van der Waals surface area contributed by atoms with E-state index in [0.717, 1.165) is 5.69 Å². The van der Waals surface area contributed by atoms with Crippen molar-refractivity contribution >= 4 is 0 Å². The predicted molar refractivity (Wildman–Crippen MR) is 61.5 cm³/mol. The van der Waals surface area contributed by atoms with Crippen LogP contribution in [0.1, 0.15) is 19.6 Å². The molecule has 0 aliphatic rings. The first-order chi connectivity index (χ1) is 7.75. The van der Waals surface area contributed by atoms with Gasteiger partial charge in [-0.15, -0.1) is 0 Å². The van der Waals surface area contributed by atoms with E-state index in [9.17, 15) is 0 Å². The van der Waals surface area contributed by atoms with Crippen LogP contribution in [0, 0.1) is 17.8 Å². The summed E-state index contributed by atoms with van der Waals surface area (Å²) < 4.78 is 5.11. The van der Waals surface area contributed by atoms with E-state index in [-0.39, 0.29) is 0 Å². The summed E-state index contributed by atoms with van der Waals surface area (Å²) in [4.78, 5) is 4.19. The Hall–Kier alpha value is -2.08. The highest BCUT2D eigenvalue weighted by Gasteiger charge is 2.04. The molecule has 16 heavy (non-hydrogen) atoms. The minimum absolute atomic E-state index is 0.323. The van der Waals surface area contributed by atoms with Gasteiger partial charge in [0.2, 0.25) is 5.76 Å². The van der Waals surface area contributed by atoms with Crippen LogP contribution in [-0.2, 0) is 0 Å². The zero-order valence-corrected chi connectivity index (χ0v) is 9.27. The minimum atomic E-state index is 0.323. The number of hydrogen-bond acceptors (Lipinski definition) is 3. The van der Waals surface area contributed by atoms with E-state index in [1.165, 1.54) is 0 Å². The maximum absolute atomic E-state index is 5.11. The highest BCUT2D eigenvalue weighted by Crippen LogP contribution is 2.15. The molecule has 2 aromatic heterocycles. The molecule has 0 saturated carbocycles. The van der Waals surface area contributed by atoms with Crippen molar-refractivity contribution in [2.24, 2.45) is 5.92 Å². The molecule has 0 saturated heterocycles. The first-order valence-electron chi connectivity index (χ1n) is 5.15. The van der Waals surface area contributed by atoms with E-state index < -0.39 is 0 Å². The van der Waals surface area contributed by atoms with Gasteiger partial charge in [-0.2, -0.15) is 0 Å². The van der Waals surface area contributed by atoms with Crippen LogP contribution in [0.4, 0.5) is 0 Å². The molecule has 0 atom stereocenters. The standard InChI is InChI=1S/C13H12N2O/c1-10(2)6-7-11-9-13(15-16-11)12-5-3-4-8-14-12/h3-5,8-10H,1-2H3. The third-order valence-electron chi connectivity index (χ3n) is 1.92. The number of hydrogen-bond donors (Lipinski definition) is 0. The van der Waals surface area contributed by atoms with Crippen LogP contribution < -0.4 is 0 Å². The highest BCUT2D eigenvalue weighted by molar-refractivity contribution is 5.54. The smallest absolute Gasteiger partial charge is 0.210 e.